The first-order chi connectivity index (χ1) is 9.74. The van der Waals surface area contributed by atoms with Crippen LogP contribution in [0.5, 0.6) is 11.5 Å². The Kier molecular flexibility index (Phi) is 5.68. The van der Waals surface area contributed by atoms with Crippen LogP contribution in [0.4, 0.5) is 0 Å². The lowest BCUT2D eigenvalue weighted by Gasteiger charge is -2.22. The number of aliphatic hydroxyl groups is 1. The Labute approximate surface area is 121 Å². The fourth-order valence-corrected chi connectivity index (χ4v) is 2.77. The highest BCUT2D eigenvalue weighted by molar-refractivity contribution is 5.40. The molecule has 20 heavy (non-hydrogen) atoms. The van der Waals surface area contributed by atoms with E-state index in [0.29, 0.717) is 6.54 Å². The topological polar surface area (TPSA) is 50.7 Å². The fraction of sp³-hybridized carbons (Fsp3) is 0.625. The molecule has 2 unspecified atom stereocenters. The molecule has 0 aliphatic heterocycles. The molecule has 112 valence electrons. The molecule has 0 heterocycles. The van der Waals surface area contributed by atoms with Crippen LogP contribution in [0, 0.1) is 0 Å². The number of ether oxygens (including phenoxy) is 2. The Balaban J connectivity index is 1.98. The standard InChI is InChI=1S/C16H25NO3/c1-19-13-9-8-12(16(10-13)20-2)11-17-14-6-4-3-5-7-15(14)18/h8-10,14-15,17-18H,3-7,11H2,1-2H3. The largest absolute Gasteiger partial charge is 0.497 e. The van der Waals surface area contributed by atoms with Gasteiger partial charge in [0, 0.05) is 24.2 Å². The van der Waals surface area contributed by atoms with Gasteiger partial charge in [-0.2, -0.15) is 0 Å². The van der Waals surface area contributed by atoms with Gasteiger partial charge >= 0.3 is 0 Å². The van der Waals surface area contributed by atoms with Gasteiger partial charge in [-0.1, -0.05) is 25.3 Å². The zero-order valence-corrected chi connectivity index (χ0v) is 12.4. The third kappa shape index (κ3) is 3.87. The average molecular weight is 279 g/mol. The van der Waals surface area contributed by atoms with E-state index in [0.717, 1.165) is 36.3 Å². The summed E-state index contributed by atoms with van der Waals surface area (Å²) in [6, 6.07) is 6.02. The van der Waals surface area contributed by atoms with E-state index in [1.165, 1.54) is 12.8 Å². The molecule has 4 heteroatoms. The molecule has 1 saturated carbocycles. The molecule has 0 amide bonds. The van der Waals surface area contributed by atoms with Crippen molar-refractivity contribution in [2.24, 2.45) is 0 Å². The first-order valence-corrected chi connectivity index (χ1v) is 7.37. The lowest BCUT2D eigenvalue weighted by Crippen LogP contribution is -2.38. The molecule has 1 aliphatic rings. The van der Waals surface area contributed by atoms with E-state index in [9.17, 15) is 5.11 Å². The molecular weight excluding hydrogens is 254 g/mol. The van der Waals surface area contributed by atoms with E-state index in [1.807, 2.05) is 18.2 Å². The van der Waals surface area contributed by atoms with Crippen molar-refractivity contribution in [3.8, 4) is 11.5 Å². The summed E-state index contributed by atoms with van der Waals surface area (Å²) in [5.74, 6) is 1.61. The molecule has 0 aromatic heterocycles. The molecule has 1 fully saturated rings. The van der Waals surface area contributed by atoms with Gasteiger partial charge in [0.15, 0.2) is 0 Å². The van der Waals surface area contributed by atoms with Gasteiger partial charge in [-0.25, -0.2) is 0 Å². The summed E-state index contributed by atoms with van der Waals surface area (Å²) in [6.45, 7) is 0.703. The van der Waals surface area contributed by atoms with E-state index in [2.05, 4.69) is 5.32 Å². The smallest absolute Gasteiger partial charge is 0.127 e. The number of hydrogen-bond acceptors (Lipinski definition) is 4. The molecule has 0 spiro atoms. The minimum Gasteiger partial charge on any atom is -0.497 e. The Hall–Kier alpha value is -1.26. The van der Waals surface area contributed by atoms with E-state index < -0.39 is 0 Å². The predicted octanol–water partition coefficient (Wildman–Crippen LogP) is 2.49. The first-order valence-electron chi connectivity index (χ1n) is 7.37. The number of benzene rings is 1. The van der Waals surface area contributed by atoms with Crippen LogP contribution in [0.1, 0.15) is 37.7 Å². The van der Waals surface area contributed by atoms with Crippen LogP contribution in [-0.4, -0.2) is 31.5 Å². The average Bonchev–Trinajstić information content (AvgIpc) is 2.69. The van der Waals surface area contributed by atoms with Crippen molar-refractivity contribution in [3.63, 3.8) is 0 Å². The highest BCUT2D eigenvalue weighted by Gasteiger charge is 2.21. The maximum absolute atomic E-state index is 10.1. The van der Waals surface area contributed by atoms with Gasteiger partial charge in [-0.3, -0.25) is 0 Å². The van der Waals surface area contributed by atoms with Crippen molar-refractivity contribution in [2.45, 2.75) is 50.8 Å². The monoisotopic (exact) mass is 279 g/mol. The SMILES string of the molecule is COc1ccc(CNC2CCCCCC2O)c(OC)c1. The molecule has 2 rings (SSSR count). The molecular formula is C16H25NO3. The van der Waals surface area contributed by atoms with Crippen LogP contribution in [0.3, 0.4) is 0 Å². The van der Waals surface area contributed by atoms with Crippen LogP contribution < -0.4 is 14.8 Å². The van der Waals surface area contributed by atoms with E-state index >= 15 is 0 Å². The van der Waals surface area contributed by atoms with Gasteiger partial charge in [0.25, 0.3) is 0 Å². The molecule has 2 N–H and O–H groups in total. The molecule has 4 nitrogen and oxygen atoms in total. The van der Waals surface area contributed by atoms with Gasteiger partial charge < -0.3 is 19.9 Å². The Morgan fingerprint density at radius 3 is 2.70 bits per heavy atom. The van der Waals surface area contributed by atoms with Crippen molar-refractivity contribution >= 4 is 0 Å². The number of rotatable bonds is 5. The van der Waals surface area contributed by atoms with E-state index in [1.54, 1.807) is 14.2 Å². The molecule has 0 radical (unpaired) electrons. The number of methoxy groups -OCH3 is 2. The number of nitrogens with one attached hydrogen (secondary N) is 1. The van der Waals surface area contributed by atoms with Gasteiger partial charge in [0.05, 0.1) is 20.3 Å². The second kappa shape index (κ2) is 7.50. The Morgan fingerprint density at radius 2 is 1.95 bits per heavy atom. The minimum atomic E-state index is -0.234. The molecule has 1 aromatic carbocycles. The van der Waals surface area contributed by atoms with Crippen molar-refractivity contribution in [1.82, 2.24) is 5.32 Å². The molecule has 0 bridgehead atoms. The molecule has 2 atom stereocenters. The zero-order valence-electron chi connectivity index (χ0n) is 12.4. The van der Waals surface area contributed by atoms with Crippen LogP contribution in [0.25, 0.3) is 0 Å². The quantitative estimate of drug-likeness (QED) is 0.813. The normalized spacial score (nSPS) is 23.1. The maximum atomic E-state index is 10.1. The third-order valence-electron chi connectivity index (χ3n) is 4.03. The van der Waals surface area contributed by atoms with Crippen LogP contribution >= 0.6 is 0 Å². The Morgan fingerprint density at radius 1 is 1.15 bits per heavy atom. The van der Waals surface area contributed by atoms with Gasteiger partial charge in [-0.15, -0.1) is 0 Å². The summed E-state index contributed by atoms with van der Waals surface area (Å²) in [4.78, 5) is 0. The second-order valence-electron chi connectivity index (χ2n) is 5.37. The minimum absolute atomic E-state index is 0.185. The molecule has 1 aliphatic carbocycles. The Bertz CT molecular complexity index is 422. The van der Waals surface area contributed by atoms with Crippen molar-refractivity contribution in [1.29, 1.82) is 0 Å². The molecule has 0 saturated heterocycles. The maximum Gasteiger partial charge on any atom is 0.127 e. The molecule has 1 aromatic rings. The summed E-state index contributed by atoms with van der Waals surface area (Å²) >= 11 is 0. The summed E-state index contributed by atoms with van der Waals surface area (Å²) in [5, 5.41) is 13.6. The predicted molar refractivity (Wildman–Crippen MR) is 79.3 cm³/mol. The second-order valence-corrected chi connectivity index (χ2v) is 5.37. The van der Waals surface area contributed by atoms with Gasteiger partial charge in [0.1, 0.15) is 11.5 Å². The van der Waals surface area contributed by atoms with Crippen LogP contribution in [-0.2, 0) is 6.54 Å². The van der Waals surface area contributed by atoms with Crippen LogP contribution in [0.15, 0.2) is 18.2 Å². The van der Waals surface area contributed by atoms with Crippen molar-refractivity contribution in [2.75, 3.05) is 14.2 Å². The lowest BCUT2D eigenvalue weighted by molar-refractivity contribution is 0.119. The number of hydrogen-bond donors (Lipinski definition) is 2. The van der Waals surface area contributed by atoms with Gasteiger partial charge in [0.2, 0.25) is 0 Å². The zero-order chi connectivity index (χ0) is 14.4. The highest BCUT2D eigenvalue weighted by atomic mass is 16.5. The summed E-state index contributed by atoms with van der Waals surface area (Å²) < 4.78 is 10.6. The van der Waals surface area contributed by atoms with E-state index in [4.69, 9.17) is 9.47 Å². The van der Waals surface area contributed by atoms with E-state index in [-0.39, 0.29) is 12.1 Å². The summed E-state index contributed by atoms with van der Waals surface area (Å²) in [7, 11) is 3.31. The highest BCUT2D eigenvalue weighted by Crippen LogP contribution is 2.25. The van der Waals surface area contributed by atoms with Gasteiger partial charge in [-0.05, 0) is 18.9 Å². The third-order valence-corrected chi connectivity index (χ3v) is 4.03. The lowest BCUT2D eigenvalue weighted by atomic mass is 10.1. The summed E-state index contributed by atoms with van der Waals surface area (Å²) in [6.07, 6.45) is 5.25. The first kappa shape index (κ1) is 15.1. The number of aliphatic hydroxyl groups excluding tert-OH is 1. The summed E-state index contributed by atoms with van der Waals surface area (Å²) in [5.41, 5.74) is 1.09. The van der Waals surface area contributed by atoms with Crippen molar-refractivity contribution in [3.05, 3.63) is 23.8 Å². The van der Waals surface area contributed by atoms with Crippen LogP contribution in [0.2, 0.25) is 0 Å². The van der Waals surface area contributed by atoms with Crippen molar-refractivity contribution < 1.29 is 14.6 Å². The fourth-order valence-electron chi connectivity index (χ4n) is 2.77.